The molecule has 0 bridgehead atoms. The van der Waals surface area contributed by atoms with Crippen LogP contribution in [0.4, 0.5) is 10.2 Å². The Morgan fingerprint density at radius 2 is 2.38 bits per heavy atom. The summed E-state index contributed by atoms with van der Waals surface area (Å²) in [6, 6.07) is 0. The van der Waals surface area contributed by atoms with Crippen LogP contribution in [-0.2, 0) is 6.54 Å². The molecule has 1 aromatic rings. The maximum atomic E-state index is 12.0. The lowest BCUT2D eigenvalue weighted by atomic mass is 10.3. The van der Waals surface area contributed by atoms with Crippen molar-refractivity contribution >= 4 is 5.82 Å². The third-order valence-electron chi connectivity index (χ3n) is 1.80. The normalized spacial score (nSPS) is 10.4. The number of aromatic nitrogens is 2. The smallest absolute Gasteiger partial charge is 0.150 e. The molecule has 74 valence electrons. The van der Waals surface area contributed by atoms with Crippen molar-refractivity contribution in [3.8, 4) is 0 Å². The molecule has 1 rings (SSSR count). The van der Waals surface area contributed by atoms with Crippen LogP contribution >= 0.6 is 0 Å². The first kappa shape index (κ1) is 10.0. The molecule has 0 radical (unpaired) electrons. The summed E-state index contributed by atoms with van der Waals surface area (Å²) in [5.41, 5.74) is 1.07. The Balaban J connectivity index is 2.60. The number of halogens is 1. The first-order chi connectivity index (χ1) is 6.27. The molecule has 13 heavy (non-hydrogen) atoms. The molecule has 1 aromatic heterocycles. The van der Waals surface area contributed by atoms with Gasteiger partial charge in [0, 0.05) is 18.3 Å². The highest BCUT2D eigenvalue weighted by Gasteiger charge is 2.02. The van der Waals surface area contributed by atoms with E-state index in [9.17, 15) is 4.39 Å². The molecule has 0 aliphatic carbocycles. The molecule has 0 aromatic carbocycles. The molecule has 1 heterocycles. The standard InChI is InChI=1S/C9H16FN3/c1-3-5-11-9-8(2)7-13(12-9)6-4-10/h7H,3-6H2,1-2H3,(H,11,12). The van der Waals surface area contributed by atoms with Gasteiger partial charge in [-0.05, 0) is 13.3 Å². The highest BCUT2D eigenvalue weighted by atomic mass is 19.1. The van der Waals surface area contributed by atoms with Crippen LogP contribution in [0.2, 0.25) is 0 Å². The fourth-order valence-electron chi connectivity index (χ4n) is 1.14. The lowest BCUT2D eigenvalue weighted by molar-refractivity contribution is 0.427. The third kappa shape index (κ3) is 2.72. The summed E-state index contributed by atoms with van der Waals surface area (Å²) in [6.07, 6.45) is 2.92. The Morgan fingerprint density at radius 1 is 1.62 bits per heavy atom. The topological polar surface area (TPSA) is 29.9 Å². The van der Waals surface area contributed by atoms with Gasteiger partial charge in [-0.15, -0.1) is 0 Å². The summed E-state index contributed by atoms with van der Waals surface area (Å²) < 4.78 is 13.6. The Bertz CT molecular complexity index is 257. The van der Waals surface area contributed by atoms with Crippen LogP contribution in [-0.4, -0.2) is 23.0 Å². The van der Waals surface area contributed by atoms with E-state index in [4.69, 9.17) is 0 Å². The molecular formula is C9H16FN3. The number of alkyl halides is 1. The van der Waals surface area contributed by atoms with Crippen LogP contribution in [0.3, 0.4) is 0 Å². The Labute approximate surface area is 77.9 Å². The number of rotatable bonds is 5. The van der Waals surface area contributed by atoms with E-state index in [-0.39, 0.29) is 6.67 Å². The maximum absolute atomic E-state index is 12.0. The number of nitrogens with one attached hydrogen (secondary N) is 1. The number of hydrogen-bond donors (Lipinski definition) is 1. The van der Waals surface area contributed by atoms with Gasteiger partial charge in [0.1, 0.15) is 6.67 Å². The summed E-state index contributed by atoms with van der Waals surface area (Å²) in [4.78, 5) is 0. The second kappa shape index (κ2) is 4.84. The molecule has 0 amide bonds. The van der Waals surface area contributed by atoms with Crippen LogP contribution in [0.15, 0.2) is 6.20 Å². The molecule has 0 saturated heterocycles. The molecule has 0 spiro atoms. The van der Waals surface area contributed by atoms with E-state index in [1.165, 1.54) is 0 Å². The summed E-state index contributed by atoms with van der Waals surface area (Å²) >= 11 is 0. The van der Waals surface area contributed by atoms with Crippen LogP contribution in [0.1, 0.15) is 18.9 Å². The van der Waals surface area contributed by atoms with Gasteiger partial charge in [0.25, 0.3) is 0 Å². The molecule has 0 fully saturated rings. The van der Waals surface area contributed by atoms with Crippen molar-refractivity contribution in [1.82, 2.24) is 9.78 Å². The van der Waals surface area contributed by atoms with Gasteiger partial charge in [0.15, 0.2) is 5.82 Å². The van der Waals surface area contributed by atoms with E-state index in [0.29, 0.717) is 6.54 Å². The van der Waals surface area contributed by atoms with Crippen molar-refractivity contribution in [2.24, 2.45) is 0 Å². The van der Waals surface area contributed by atoms with Crippen molar-refractivity contribution in [3.63, 3.8) is 0 Å². The van der Waals surface area contributed by atoms with Crippen LogP contribution in [0, 0.1) is 6.92 Å². The number of aryl methyl sites for hydroxylation is 2. The SMILES string of the molecule is CCCNc1nn(CCF)cc1C. The Kier molecular flexibility index (Phi) is 3.73. The lowest BCUT2D eigenvalue weighted by Crippen LogP contribution is -2.04. The third-order valence-corrected chi connectivity index (χ3v) is 1.80. The first-order valence-corrected chi connectivity index (χ1v) is 4.61. The minimum absolute atomic E-state index is 0.342. The molecule has 0 aliphatic heterocycles. The molecule has 0 atom stereocenters. The first-order valence-electron chi connectivity index (χ1n) is 4.61. The van der Waals surface area contributed by atoms with Crippen LogP contribution in [0.25, 0.3) is 0 Å². The molecule has 0 unspecified atom stereocenters. The van der Waals surface area contributed by atoms with Crippen LogP contribution < -0.4 is 5.32 Å². The van der Waals surface area contributed by atoms with Gasteiger partial charge in [-0.3, -0.25) is 4.68 Å². The van der Waals surface area contributed by atoms with Crippen molar-refractivity contribution in [3.05, 3.63) is 11.8 Å². The molecule has 4 heteroatoms. The number of anilines is 1. The van der Waals surface area contributed by atoms with Gasteiger partial charge in [0.05, 0.1) is 6.54 Å². The van der Waals surface area contributed by atoms with Gasteiger partial charge in [0.2, 0.25) is 0 Å². The molecular weight excluding hydrogens is 169 g/mol. The highest BCUT2D eigenvalue weighted by Crippen LogP contribution is 2.10. The zero-order valence-electron chi connectivity index (χ0n) is 8.18. The number of hydrogen-bond acceptors (Lipinski definition) is 2. The zero-order valence-corrected chi connectivity index (χ0v) is 8.18. The van der Waals surface area contributed by atoms with E-state index in [0.717, 1.165) is 24.3 Å². The summed E-state index contributed by atoms with van der Waals surface area (Å²) in [6.45, 7) is 4.96. The summed E-state index contributed by atoms with van der Waals surface area (Å²) in [5, 5.41) is 7.39. The van der Waals surface area contributed by atoms with Gasteiger partial charge in [-0.2, -0.15) is 5.10 Å². The monoisotopic (exact) mass is 185 g/mol. The highest BCUT2D eigenvalue weighted by molar-refractivity contribution is 5.41. The second-order valence-corrected chi connectivity index (χ2v) is 3.04. The van der Waals surface area contributed by atoms with Crippen molar-refractivity contribution in [2.75, 3.05) is 18.5 Å². The lowest BCUT2D eigenvalue weighted by Gasteiger charge is -2.00. The van der Waals surface area contributed by atoms with E-state index < -0.39 is 0 Å². The van der Waals surface area contributed by atoms with Crippen molar-refractivity contribution < 1.29 is 4.39 Å². The van der Waals surface area contributed by atoms with Gasteiger partial charge < -0.3 is 5.32 Å². The quantitative estimate of drug-likeness (QED) is 0.760. The Hall–Kier alpha value is -1.06. The molecule has 0 aliphatic rings. The predicted molar refractivity (Wildman–Crippen MR) is 51.7 cm³/mol. The molecule has 1 N–H and O–H groups in total. The molecule has 3 nitrogen and oxygen atoms in total. The minimum atomic E-state index is -0.367. The van der Waals surface area contributed by atoms with Gasteiger partial charge >= 0.3 is 0 Å². The van der Waals surface area contributed by atoms with E-state index in [1.54, 1.807) is 4.68 Å². The van der Waals surface area contributed by atoms with E-state index in [2.05, 4.69) is 17.3 Å². The van der Waals surface area contributed by atoms with Crippen molar-refractivity contribution in [1.29, 1.82) is 0 Å². The van der Waals surface area contributed by atoms with Crippen LogP contribution in [0.5, 0.6) is 0 Å². The predicted octanol–water partition coefficient (Wildman–Crippen LogP) is 1.98. The average Bonchev–Trinajstić information content (AvgIpc) is 2.44. The van der Waals surface area contributed by atoms with Crippen molar-refractivity contribution in [2.45, 2.75) is 26.8 Å². The second-order valence-electron chi connectivity index (χ2n) is 3.04. The molecule has 0 saturated carbocycles. The van der Waals surface area contributed by atoms with E-state index in [1.807, 2.05) is 13.1 Å². The summed E-state index contributed by atoms with van der Waals surface area (Å²) in [7, 11) is 0. The fraction of sp³-hybridized carbons (Fsp3) is 0.667. The van der Waals surface area contributed by atoms with E-state index >= 15 is 0 Å². The summed E-state index contributed by atoms with van der Waals surface area (Å²) in [5.74, 6) is 0.871. The maximum Gasteiger partial charge on any atom is 0.150 e. The Morgan fingerprint density at radius 3 is 3.00 bits per heavy atom. The van der Waals surface area contributed by atoms with Gasteiger partial charge in [-0.25, -0.2) is 4.39 Å². The largest absolute Gasteiger partial charge is 0.368 e. The fourth-order valence-corrected chi connectivity index (χ4v) is 1.14. The zero-order chi connectivity index (χ0) is 9.68. The average molecular weight is 185 g/mol. The van der Waals surface area contributed by atoms with Gasteiger partial charge in [-0.1, -0.05) is 6.92 Å². The minimum Gasteiger partial charge on any atom is -0.368 e. The number of nitrogens with zero attached hydrogens (tertiary/aromatic N) is 2.